The van der Waals surface area contributed by atoms with Crippen LogP contribution in [0.15, 0.2) is 18.2 Å². The lowest BCUT2D eigenvalue weighted by molar-refractivity contribution is 0.0691. The minimum Gasteiger partial charge on any atom is -0.493 e. The fourth-order valence-corrected chi connectivity index (χ4v) is 1.40. The van der Waals surface area contributed by atoms with E-state index in [4.69, 9.17) is 9.84 Å². The van der Waals surface area contributed by atoms with Crippen molar-refractivity contribution in [3.63, 3.8) is 0 Å². The van der Waals surface area contributed by atoms with Crippen molar-refractivity contribution < 1.29 is 14.6 Å². The SMILES string of the molecule is Cc1ccc(OCCC(C)(C)C)c(C(=O)O)c1. The van der Waals surface area contributed by atoms with Crippen molar-refractivity contribution in [2.45, 2.75) is 34.1 Å². The Balaban J connectivity index is 2.74. The summed E-state index contributed by atoms with van der Waals surface area (Å²) in [5.41, 5.74) is 1.35. The highest BCUT2D eigenvalue weighted by Crippen LogP contribution is 2.23. The number of hydrogen-bond donors (Lipinski definition) is 1. The average molecular weight is 236 g/mol. The van der Waals surface area contributed by atoms with Crippen LogP contribution in [0.4, 0.5) is 0 Å². The highest BCUT2D eigenvalue weighted by atomic mass is 16.5. The highest BCUT2D eigenvalue weighted by Gasteiger charge is 2.14. The van der Waals surface area contributed by atoms with Crippen LogP contribution in [0, 0.1) is 12.3 Å². The summed E-state index contributed by atoms with van der Waals surface area (Å²) < 4.78 is 5.55. The molecule has 0 spiro atoms. The number of carbonyl (C=O) groups is 1. The van der Waals surface area contributed by atoms with Gasteiger partial charge in [-0.15, -0.1) is 0 Å². The van der Waals surface area contributed by atoms with Gasteiger partial charge in [-0.2, -0.15) is 0 Å². The number of carboxylic acid groups (broad SMARTS) is 1. The lowest BCUT2D eigenvalue weighted by atomic mass is 9.93. The highest BCUT2D eigenvalue weighted by molar-refractivity contribution is 5.91. The van der Waals surface area contributed by atoms with Crippen molar-refractivity contribution >= 4 is 5.97 Å². The van der Waals surface area contributed by atoms with Crippen LogP contribution >= 0.6 is 0 Å². The van der Waals surface area contributed by atoms with Gasteiger partial charge in [0.2, 0.25) is 0 Å². The largest absolute Gasteiger partial charge is 0.493 e. The number of hydrogen-bond acceptors (Lipinski definition) is 2. The number of ether oxygens (including phenoxy) is 1. The van der Waals surface area contributed by atoms with E-state index >= 15 is 0 Å². The van der Waals surface area contributed by atoms with Gasteiger partial charge >= 0.3 is 5.97 Å². The Kier molecular flexibility index (Phi) is 4.16. The molecule has 0 aliphatic heterocycles. The maximum absolute atomic E-state index is 11.1. The number of aryl methyl sites for hydroxylation is 1. The molecule has 0 unspecified atom stereocenters. The smallest absolute Gasteiger partial charge is 0.339 e. The standard InChI is InChI=1S/C14H20O3/c1-10-5-6-12(11(9-10)13(15)16)17-8-7-14(2,3)4/h5-6,9H,7-8H2,1-4H3,(H,15,16). The molecule has 0 aromatic heterocycles. The fourth-order valence-electron chi connectivity index (χ4n) is 1.40. The molecule has 3 nitrogen and oxygen atoms in total. The van der Waals surface area contributed by atoms with Crippen molar-refractivity contribution in [3.05, 3.63) is 29.3 Å². The molecule has 0 heterocycles. The molecule has 1 N–H and O–H groups in total. The van der Waals surface area contributed by atoms with Gasteiger partial charge in [-0.05, 0) is 30.9 Å². The molecule has 0 atom stereocenters. The van der Waals surface area contributed by atoms with Gasteiger partial charge in [0.1, 0.15) is 11.3 Å². The molecular weight excluding hydrogens is 216 g/mol. The van der Waals surface area contributed by atoms with Crippen LogP contribution in [0.2, 0.25) is 0 Å². The van der Waals surface area contributed by atoms with E-state index in [1.54, 1.807) is 12.1 Å². The molecule has 0 bridgehead atoms. The van der Waals surface area contributed by atoms with E-state index < -0.39 is 5.97 Å². The summed E-state index contributed by atoms with van der Waals surface area (Å²) in [6, 6.07) is 5.22. The van der Waals surface area contributed by atoms with Crippen molar-refractivity contribution in [2.75, 3.05) is 6.61 Å². The predicted molar refractivity (Wildman–Crippen MR) is 67.7 cm³/mol. The quantitative estimate of drug-likeness (QED) is 0.870. The van der Waals surface area contributed by atoms with Gasteiger partial charge in [-0.25, -0.2) is 4.79 Å². The van der Waals surface area contributed by atoms with Crippen LogP contribution in [-0.2, 0) is 0 Å². The van der Waals surface area contributed by atoms with Crippen LogP contribution in [0.25, 0.3) is 0 Å². The van der Waals surface area contributed by atoms with E-state index in [1.807, 2.05) is 13.0 Å². The zero-order valence-corrected chi connectivity index (χ0v) is 10.9. The Morgan fingerprint density at radius 3 is 2.53 bits per heavy atom. The van der Waals surface area contributed by atoms with Gasteiger partial charge < -0.3 is 9.84 Å². The third kappa shape index (κ3) is 4.47. The van der Waals surface area contributed by atoms with Crippen LogP contribution in [0.5, 0.6) is 5.75 Å². The summed E-state index contributed by atoms with van der Waals surface area (Å²) >= 11 is 0. The zero-order chi connectivity index (χ0) is 13.1. The molecule has 0 aliphatic carbocycles. The Hall–Kier alpha value is -1.51. The molecule has 0 saturated carbocycles. The number of rotatable bonds is 4. The number of benzene rings is 1. The van der Waals surface area contributed by atoms with Crippen molar-refractivity contribution in [3.8, 4) is 5.75 Å². The summed E-state index contributed by atoms with van der Waals surface area (Å²) in [7, 11) is 0. The third-order valence-corrected chi connectivity index (χ3v) is 2.48. The maximum Gasteiger partial charge on any atom is 0.339 e. The van der Waals surface area contributed by atoms with E-state index in [0.717, 1.165) is 12.0 Å². The molecule has 0 amide bonds. The minimum absolute atomic E-state index is 0.189. The van der Waals surface area contributed by atoms with Crippen LogP contribution < -0.4 is 4.74 Å². The van der Waals surface area contributed by atoms with Crippen molar-refractivity contribution in [1.82, 2.24) is 0 Å². The average Bonchev–Trinajstić information content (AvgIpc) is 2.18. The molecule has 0 aliphatic rings. The summed E-state index contributed by atoms with van der Waals surface area (Å²) in [6.07, 6.45) is 0.889. The molecule has 0 fully saturated rings. The van der Waals surface area contributed by atoms with Gasteiger partial charge in [0.15, 0.2) is 0 Å². The first kappa shape index (κ1) is 13.6. The summed E-state index contributed by atoms with van der Waals surface area (Å²) in [5, 5.41) is 9.07. The first-order valence-electron chi connectivity index (χ1n) is 5.76. The molecule has 3 heteroatoms. The van der Waals surface area contributed by atoms with Gasteiger partial charge in [-0.3, -0.25) is 0 Å². The Morgan fingerprint density at radius 2 is 2.00 bits per heavy atom. The second-order valence-electron chi connectivity index (χ2n) is 5.46. The lowest BCUT2D eigenvalue weighted by Gasteiger charge is -2.18. The molecule has 1 aromatic carbocycles. The zero-order valence-electron chi connectivity index (χ0n) is 10.9. The second-order valence-corrected chi connectivity index (χ2v) is 5.46. The Morgan fingerprint density at radius 1 is 1.35 bits per heavy atom. The van der Waals surface area contributed by atoms with Gasteiger partial charge in [0.05, 0.1) is 6.61 Å². The maximum atomic E-state index is 11.1. The number of carboxylic acids is 1. The summed E-state index contributed by atoms with van der Waals surface area (Å²) in [4.78, 5) is 11.1. The lowest BCUT2D eigenvalue weighted by Crippen LogP contribution is -2.12. The van der Waals surface area contributed by atoms with Crippen LogP contribution in [-0.4, -0.2) is 17.7 Å². The first-order valence-corrected chi connectivity index (χ1v) is 5.76. The fraction of sp³-hybridized carbons (Fsp3) is 0.500. The van der Waals surface area contributed by atoms with E-state index in [9.17, 15) is 4.79 Å². The van der Waals surface area contributed by atoms with E-state index in [0.29, 0.717) is 12.4 Å². The Bertz CT molecular complexity index is 402. The van der Waals surface area contributed by atoms with E-state index in [2.05, 4.69) is 20.8 Å². The van der Waals surface area contributed by atoms with Crippen LogP contribution in [0.3, 0.4) is 0 Å². The molecule has 17 heavy (non-hydrogen) atoms. The third-order valence-electron chi connectivity index (χ3n) is 2.48. The van der Waals surface area contributed by atoms with E-state index in [1.165, 1.54) is 0 Å². The normalized spacial score (nSPS) is 11.3. The Labute approximate surface area is 102 Å². The van der Waals surface area contributed by atoms with Gasteiger partial charge in [0, 0.05) is 0 Å². The molecule has 1 rings (SSSR count). The molecule has 0 radical (unpaired) electrons. The molecular formula is C14H20O3. The summed E-state index contributed by atoms with van der Waals surface area (Å²) in [6.45, 7) is 8.79. The van der Waals surface area contributed by atoms with Crippen molar-refractivity contribution in [1.29, 1.82) is 0 Å². The van der Waals surface area contributed by atoms with Gasteiger partial charge in [-0.1, -0.05) is 32.4 Å². The molecule has 0 saturated heterocycles. The monoisotopic (exact) mass is 236 g/mol. The molecule has 94 valence electrons. The predicted octanol–water partition coefficient (Wildman–Crippen LogP) is 3.51. The van der Waals surface area contributed by atoms with Crippen LogP contribution in [0.1, 0.15) is 43.1 Å². The van der Waals surface area contributed by atoms with Crippen molar-refractivity contribution in [2.24, 2.45) is 5.41 Å². The van der Waals surface area contributed by atoms with E-state index in [-0.39, 0.29) is 11.0 Å². The number of aromatic carboxylic acids is 1. The molecule has 1 aromatic rings. The minimum atomic E-state index is -0.945. The first-order chi connectivity index (χ1) is 7.79. The second kappa shape index (κ2) is 5.21. The summed E-state index contributed by atoms with van der Waals surface area (Å²) in [5.74, 6) is -0.494. The topological polar surface area (TPSA) is 46.5 Å². The van der Waals surface area contributed by atoms with Gasteiger partial charge in [0.25, 0.3) is 0 Å².